The Hall–Kier alpha value is -4.04. The number of rotatable bonds is 8. The van der Waals surface area contributed by atoms with Crippen LogP contribution in [0.5, 0.6) is 0 Å². The Morgan fingerprint density at radius 2 is 1.68 bits per heavy atom. The van der Waals surface area contributed by atoms with Gasteiger partial charge in [-0.3, -0.25) is 4.79 Å². The third-order valence-corrected chi connectivity index (χ3v) is 6.02. The van der Waals surface area contributed by atoms with Gasteiger partial charge >= 0.3 is 6.03 Å². The lowest BCUT2D eigenvalue weighted by Crippen LogP contribution is -2.30. The number of nitrogens with one attached hydrogen (secondary N) is 2. The molecule has 2 aromatic carbocycles. The number of hydrogen-bond donors (Lipinski definition) is 2. The predicted octanol–water partition coefficient (Wildman–Crippen LogP) is 5.89. The molecule has 2 heterocycles. The van der Waals surface area contributed by atoms with E-state index in [1.54, 1.807) is 11.2 Å². The molecule has 8 heteroatoms. The molecule has 174 valence electrons. The molecule has 0 bridgehead atoms. The van der Waals surface area contributed by atoms with Gasteiger partial charge in [0.1, 0.15) is 5.76 Å². The molecule has 0 saturated heterocycles. The second kappa shape index (κ2) is 10.7. The summed E-state index contributed by atoms with van der Waals surface area (Å²) in [5.74, 6) is 0.629. The molecule has 0 fully saturated rings. The van der Waals surface area contributed by atoms with Crippen molar-refractivity contribution in [3.05, 3.63) is 101 Å². The summed E-state index contributed by atoms with van der Waals surface area (Å²) >= 11 is 1.41. The summed E-state index contributed by atoms with van der Waals surface area (Å²) in [6, 6.07) is 22.0. The number of carbonyl (C=O) groups excluding carboxylic acids is 2. The third-order valence-electron chi connectivity index (χ3n) is 5.16. The highest BCUT2D eigenvalue weighted by atomic mass is 32.1. The van der Waals surface area contributed by atoms with Gasteiger partial charge in [-0.1, -0.05) is 24.3 Å². The minimum absolute atomic E-state index is 0.0729. The molecule has 4 rings (SSSR count). The van der Waals surface area contributed by atoms with E-state index in [2.05, 4.69) is 10.6 Å². The second-order valence-electron chi connectivity index (χ2n) is 7.90. The van der Waals surface area contributed by atoms with E-state index in [9.17, 15) is 9.59 Å². The first-order valence-electron chi connectivity index (χ1n) is 10.8. The highest BCUT2D eigenvalue weighted by Gasteiger charge is 2.21. The van der Waals surface area contributed by atoms with Crippen molar-refractivity contribution in [1.29, 1.82) is 0 Å². The number of hydrogen-bond acceptors (Lipinski definition) is 5. The van der Waals surface area contributed by atoms with Gasteiger partial charge in [0, 0.05) is 37.7 Å². The Labute approximate surface area is 202 Å². The number of carbonyl (C=O) groups is 2. The highest BCUT2D eigenvalue weighted by Crippen LogP contribution is 2.27. The molecule has 0 aliphatic rings. The predicted molar refractivity (Wildman–Crippen MR) is 136 cm³/mol. The molecule has 7 nitrogen and oxygen atoms in total. The van der Waals surface area contributed by atoms with Gasteiger partial charge in [0.2, 0.25) is 0 Å². The summed E-state index contributed by atoms with van der Waals surface area (Å²) in [5, 5.41) is 7.59. The molecule has 2 N–H and O–H groups in total. The molecule has 0 saturated carbocycles. The molecule has 34 heavy (non-hydrogen) atoms. The van der Waals surface area contributed by atoms with E-state index in [1.807, 2.05) is 97.2 Å². The van der Waals surface area contributed by atoms with E-state index in [1.165, 1.54) is 11.3 Å². The number of para-hydroxylation sites is 1. The SMILES string of the molecule is CN(C)c1ccc(NC(=O)Nc2ccccc2)cc1CN(Cc1ccco1)C(=O)c1cccs1. The Balaban J connectivity index is 1.58. The van der Waals surface area contributed by atoms with E-state index < -0.39 is 0 Å². The maximum absolute atomic E-state index is 13.3. The highest BCUT2D eigenvalue weighted by molar-refractivity contribution is 7.12. The van der Waals surface area contributed by atoms with E-state index in [0.29, 0.717) is 35.1 Å². The molecule has 0 unspecified atom stereocenters. The number of nitrogens with zero attached hydrogens (tertiary/aromatic N) is 2. The molecule has 0 aliphatic heterocycles. The van der Waals surface area contributed by atoms with E-state index >= 15 is 0 Å². The molecule has 2 aromatic heterocycles. The molecule has 0 spiro atoms. The van der Waals surface area contributed by atoms with Crippen molar-refractivity contribution in [2.75, 3.05) is 29.6 Å². The normalized spacial score (nSPS) is 10.5. The molecular formula is C26H26N4O3S. The quantitative estimate of drug-likeness (QED) is 0.334. The van der Waals surface area contributed by atoms with Crippen LogP contribution >= 0.6 is 11.3 Å². The fourth-order valence-corrected chi connectivity index (χ4v) is 4.28. The van der Waals surface area contributed by atoms with Crippen LogP contribution in [-0.4, -0.2) is 30.9 Å². The minimum Gasteiger partial charge on any atom is -0.467 e. The summed E-state index contributed by atoms with van der Waals surface area (Å²) in [7, 11) is 3.90. The number of furan rings is 1. The summed E-state index contributed by atoms with van der Waals surface area (Å²) in [6.07, 6.45) is 1.60. The molecular weight excluding hydrogens is 448 g/mol. The number of thiophene rings is 1. The topological polar surface area (TPSA) is 77.8 Å². The second-order valence-corrected chi connectivity index (χ2v) is 8.85. The molecule has 4 aromatic rings. The first kappa shape index (κ1) is 23.1. The first-order valence-corrected chi connectivity index (χ1v) is 11.7. The summed E-state index contributed by atoms with van der Waals surface area (Å²) in [6.45, 7) is 0.684. The van der Waals surface area contributed by atoms with Gasteiger partial charge in [-0.05, 0) is 59.5 Å². The van der Waals surface area contributed by atoms with Crippen LogP contribution in [0.2, 0.25) is 0 Å². The van der Waals surface area contributed by atoms with Crippen molar-refractivity contribution in [2.45, 2.75) is 13.1 Å². The zero-order valence-corrected chi connectivity index (χ0v) is 19.8. The average Bonchev–Trinajstić information content (AvgIpc) is 3.53. The van der Waals surface area contributed by atoms with Crippen LogP contribution < -0.4 is 15.5 Å². The van der Waals surface area contributed by atoms with Gasteiger partial charge in [0.05, 0.1) is 17.7 Å². The average molecular weight is 475 g/mol. The fraction of sp³-hybridized carbons (Fsp3) is 0.154. The summed E-state index contributed by atoms with van der Waals surface area (Å²) in [4.78, 5) is 30.2. The summed E-state index contributed by atoms with van der Waals surface area (Å²) in [5.41, 5.74) is 3.20. The molecule has 3 amide bonds. The maximum atomic E-state index is 13.3. The van der Waals surface area contributed by atoms with Gasteiger partial charge in [0.15, 0.2) is 0 Å². The van der Waals surface area contributed by atoms with E-state index in [-0.39, 0.29) is 11.9 Å². The van der Waals surface area contributed by atoms with Crippen molar-refractivity contribution >= 4 is 40.3 Å². The monoisotopic (exact) mass is 474 g/mol. The smallest absolute Gasteiger partial charge is 0.323 e. The Morgan fingerprint density at radius 1 is 0.882 bits per heavy atom. The van der Waals surface area contributed by atoms with Gasteiger partial charge in [-0.2, -0.15) is 0 Å². The summed E-state index contributed by atoms with van der Waals surface area (Å²) < 4.78 is 5.51. The lowest BCUT2D eigenvalue weighted by Gasteiger charge is -2.25. The Morgan fingerprint density at radius 3 is 2.35 bits per heavy atom. The third kappa shape index (κ3) is 5.85. The first-order chi connectivity index (χ1) is 16.5. The van der Waals surface area contributed by atoms with Crippen LogP contribution in [0.15, 0.2) is 88.9 Å². The molecule has 0 atom stereocenters. The fourth-order valence-electron chi connectivity index (χ4n) is 3.59. The van der Waals surface area contributed by atoms with Gasteiger partial charge in [-0.15, -0.1) is 11.3 Å². The van der Waals surface area contributed by atoms with Crippen LogP contribution in [-0.2, 0) is 13.1 Å². The van der Waals surface area contributed by atoms with Gasteiger partial charge < -0.3 is 24.9 Å². The Bertz CT molecular complexity index is 1220. The van der Waals surface area contributed by atoms with Crippen molar-refractivity contribution in [2.24, 2.45) is 0 Å². The number of benzene rings is 2. The minimum atomic E-state index is -0.336. The largest absolute Gasteiger partial charge is 0.467 e. The van der Waals surface area contributed by atoms with E-state index in [4.69, 9.17) is 4.42 Å². The zero-order chi connectivity index (χ0) is 23.9. The maximum Gasteiger partial charge on any atom is 0.323 e. The van der Waals surface area contributed by atoms with Crippen LogP contribution in [0.3, 0.4) is 0 Å². The van der Waals surface area contributed by atoms with Crippen molar-refractivity contribution in [3.8, 4) is 0 Å². The van der Waals surface area contributed by atoms with Crippen LogP contribution in [0.25, 0.3) is 0 Å². The van der Waals surface area contributed by atoms with Crippen molar-refractivity contribution < 1.29 is 14.0 Å². The number of anilines is 3. The number of amides is 3. The van der Waals surface area contributed by atoms with Crippen LogP contribution in [0.1, 0.15) is 21.0 Å². The van der Waals surface area contributed by atoms with Crippen LogP contribution in [0.4, 0.5) is 21.9 Å². The van der Waals surface area contributed by atoms with Gasteiger partial charge in [0.25, 0.3) is 5.91 Å². The number of urea groups is 1. The van der Waals surface area contributed by atoms with Gasteiger partial charge in [-0.25, -0.2) is 4.79 Å². The lowest BCUT2D eigenvalue weighted by atomic mass is 10.1. The van der Waals surface area contributed by atoms with Crippen molar-refractivity contribution in [1.82, 2.24) is 4.90 Å². The standard InChI is InChI=1S/C26H26N4O3S/c1-29(2)23-13-12-21(28-26(32)27-20-8-4-3-5-9-20)16-19(23)17-30(18-22-10-6-14-33-22)25(31)24-11-7-15-34-24/h3-16H,17-18H2,1-2H3,(H2,27,28,32). The lowest BCUT2D eigenvalue weighted by molar-refractivity contribution is 0.0723. The van der Waals surface area contributed by atoms with Crippen LogP contribution in [0, 0.1) is 0 Å². The Kier molecular flexibility index (Phi) is 7.29. The van der Waals surface area contributed by atoms with E-state index in [0.717, 1.165) is 11.3 Å². The van der Waals surface area contributed by atoms with Crippen molar-refractivity contribution in [3.63, 3.8) is 0 Å². The molecule has 0 aliphatic carbocycles. The zero-order valence-electron chi connectivity index (χ0n) is 19.0. The molecule has 0 radical (unpaired) electrons.